The minimum absolute atomic E-state index is 0.206. The second-order valence-electron chi connectivity index (χ2n) is 5.27. The van der Waals surface area contributed by atoms with Crippen molar-refractivity contribution in [3.8, 4) is 5.75 Å². The third-order valence-corrected chi connectivity index (χ3v) is 3.74. The van der Waals surface area contributed by atoms with E-state index in [4.69, 9.17) is 10.5 Å². The van der Waals surface area contributed by atoms with E-state index >= 15 is 0 Å². The number of hydrogen-bond donors (Lipinski definition) is 1. The molecule has 0 spiro atoms. The number of rotatable bonds is 6. The van der Waals surface area contributed by atoms with Crippen molar-refractivity contribution in [1.29, 1.82) is 0 Å². The molecular formula is C16H25NO. The van der Waals surface area contributed by atoms with Gasteiger partial charge in [-0.25, -0.2) is 0 Å². The van der Waals surface area contributed by atoms with Gasteiger partial charge in [0.2, 0.25) is 0 Å². The van der Waals surface area contributed by atoms with Crippen molar-refractivity contribution in [2.75, 3.05) is 6.61 Å². The molecule has 0 amide bonds. The number of fused-ring (bicyclic) bond motifs is 1. The molecule has 0 fully saturated rings. The highest BCUT2D eigenvalue weighted by atomic mass is 16.5. The van der Waals surface area contributed by atoms with Crippen LogP contribution in [0.5, 0.6) is 5.75 Å². The number of ether oxygens (including phenoxy) is 1. The Kier molecular flexibility index (Phi) is 5.06. The second-order valence-corrected chi connectivity index (χ2v) is 5.27. The summed E-state index contributed by atoms with van der Waals surface area (Å²) in [5.41, 5.74) is 8.86. The number of aryl methyl sites for hydroxylation is 1. The Morgan fingerprint density at radius 3 is 3.00 bits per heavy atom. The summed E-state index contributed by atoms with van der Waals surface area (Å²) in [6.45, 7) is 3.06. The first kappa shape index (κ1) is 13.4. The lowest BCUT2D eigenvalue weighted by Gasteiger charge is -2.22. The van der Waals surface area contributed by atoms with Gasteiger partial charge >= 0.3 is 0 Å². The van der Waals surface area contributed by atoms with E-state index in [1.807, 2.05) is 0 Å². The number of unbranched alkanes of at least 4 members (excludes halogenated alkanes) is 3. The molecule has 100 valence electrons. The molecule has 18 heavy (non-hydrogen) atoms. The predicted octanol–water partition coefficient (Wildman–Crippen LogP) is 3.98. The molecule has 0 aliphatic heterocycles. The van der Waals surface area contributed by atoms with E-state index in [-0.39, 0.29) is 6.04 Å². The quantitative estimate of drug-likeness (QED) is 0.772. The predicted molar refractivity (Wildman–Crippen MR) is 75.9 cm³/mol. The average Bonchev–Trinajstić information content (AvgIpc) is 2.39. The zero-order valence-electron chi connectivity index (χ0n) is 11.5. The maximum atomic E-state index is 6.15. The summed E-state index contributed by atoms with van der Waals surface area (Å²) in [5, 5.41) is 0. The molecule has 2 N–H and O–H groups in total. The van der Waals surface area contributed by atoms with E-state index in [1.165, 1.54) is 43.2 Å². The summed E-state index contributed by atoms with van der Waals surface area (Å²) in [6.07, 6.45) is 8.47. The highest BCUT2D eigenvalue weighted by Gasteiger charge is 2.17. The van der Waals surface area contributed by atoms with Crippen molar-refractivity contribution in [3.05, 3.63) is 29.3 Å². The van der Waals surface area contributed by atoms with E-state index in [0.29, 0.717) is 0 Å². The lowest BCUT2D eigenvalue weighted by atomic mass is 9.88. The molecule has 0 unspecified atom stereocenters. The molecule has 0 aromatic heterocycles. The Balaban J connectivity index is 1.88. The maximum absolute atomic E-state index is 6.15. The fraction of sp³-hybridized carbons (Fsp3) is 0.625. The summed E-state index contributed by atoms with van der Waals surface area (Å²) >= 11 is 0. The molecular weight excluding hydrogens is 222 g/mol. The molecule has 2 heteroatoms. The van der Waals surface area contributed by atoms with Crippen molar-refractivity contribution in [1.82, 2.24) is 0 Å². The Morgan fingerprint density at radius 1 is 1.28 bits per heavy atom. The monoisotopic (exact) mass is 247 g/mol. The smallest absolute Gasteiger partial charge is 0.119 e. The van der Waals surface area contributed by atoms with Crippen molar-refractivity contribution >= 4 is 0 Å². The van der Waals surface area contributed by atoms with Gasteiger partial charge in [0.1, 0.15) is 5.75 Å². The zero-order valence-corrected chi connectivity index (χ0v) is 11.5. The normalized spacial score (nSPS) is 18.4. The van der Waals surface area contributed by atoms with Crippen molar-refractivity contribution in [2.24, 2.45) is 5.73 Å². The van der Waals surface area contributed by atoms with Crippen LogP contribution < -0.4 is 10.5 Å². The number of nitrogens with two attached hydrogens (primary N) is 1. The zero-order chi connectivity index (χ0) is 12.8. The summed E-state index contributed by atoms with van der Waals surface area (Å²) < 4.78 is 5.81. The van der Waals surface area contributed by atoms with E-state index in [2.05, 4.69) is 25.1 Å². The number of hydrogen-bond acceptors (Lipinski definition) is 2. The van der Waals surface area contributed by atoms with Crippen molar-refractivity contribution in [3.63, 3.8) is 0 Å². The molecule has 1 aromatic rings. The topological polar surface area (TPSA) is 35.2 Å². The Bertz CT molecular complexity index is 375. The summed E-state index contributed by atoms with van der Waals surface area (Å²) in [6, 6.07) is 6.64. The van der Waals surface area contributed by atoms with Gasteiger partial charge in [-0.05, 0) is 48.9 Å². The van der Waals surface area contributed by atoms with Crippen LogP contribution in [0, 0.1) is 0 Å². The van der Waals surface area contributed by atoms with Crippen LogP contribution in [-0.4, -0.2) is 6.61 Å². The first-order valence-corrected chi connectivity index (χ1v) is 7.32. The van der Waals surface area contributed by atoms with Crippen LogP contribution in [0.3, 0.4) is 0 Å². The van der Waals surface area contributed by atoms with Gasteiger partial charge in [-0.1, -0.05) is 32.3 Å². The Hall–Kier alpha value is -1.02. The molecule has 1 atom stereocenters. The van der Waals surface area contributed by atoms with Crippen molar-refractivity contribution < 1.29 is 4.74 Å². The van der Waals surface area contributed by atoms with E-state index in [0.717, 1.165) is 25.2 Å². The van der Waals surface area contributed by atoms with E-state index in [1.54, 1.807) is 0 Å². The summed E-state index contributed by atoms with van der Waals surface area (Å²) in [7, 11) is 0. The molecule has 2 rings (SSSR count). The number of benzene rings is 1. The van der Waals surface area contributed by atoms with Crippen LogP contribution in [0.2, 0.25) is 0 Å². The first-order chi connectivity index (χ1) is 8.81. The van der Waals surface area contributed by atoms with Gasteiger partial charge in [-0.15, -0.1) is 0 Å². The Morgan fingerprint density at radius 2 is 2.17 bits per heavy atom. The lowest BCUT2D eigenvalue weighted by Crippen LogP contribution is -2.17. The van der Waals surface area contributed by atoms with Crippen LogP contribution in [0.4, 0.5) is 0 Å². The van der Waals surface area contributed by atoms with Gasteiger partial charge in [0, 0.05) is 6.04 Å². The maximum Gasteiger partial charge on any atom is 0.119 e. The molecule has 1 aliphatic carbocycles. The minimum atomic E-state index is 0.206. The van der Waals surface area contributed by atoms with Crippen LogP contribution in [0.25, 0.3) is 0 Å². The van der Waals surface area contributed by atoms with Gasteiger partial charge in [-0.2, -0.15) is 0 Å². The molecule has 1 aliphatic rings. The molecule has 0 radical (unpaired) electrons. The summed E-state index contributed by atoms with van der Waals surface area (Å²) in [4.78, 5) is 0. The first-order valence-electron chi connectivity index (χ1n) is 7.32. The van der Waals surface area contributed by atoms with Crippen LogP contribution in [-0.2, 0) is 6.42 Å². The van der Waals surface area contributed by atoms with Crippen LogP contribution >= 0.6 is 0 Å². The molecule has 0 saturated heterocycles. The van der Waals surface area contributed by atoms with Gasteiger partial charge in [0.15, 0.2) is 0 Å². The molecule has 1 aromatic carbocycles. The third kappa shape index (κ3) is 3.49. The van der Waals surface area contributed by atoms with Crippen LogP contribution in [0.15, 0.2) is 18.2 Å². The molecule has 0 bridgehead atoms. The van der Waals surface area contributed by atoms with E-state index < -0.39 is 0 Å². The molecule has 2 nitrogen and oxygen atoms in total. The fourth-order valence-corrected chi connectivity index (χ4v) is 2.62. The fourth-order valence-electron chi connectivity index (χ4n) is 2.62. The minimum Gasteiger partial charge on any atom is -0.494 e. The summed E-state index contributed by atoms with van der Waals surface area (Å²) in [5.74, 6) is 0.989. The Labute approximate surface area is 111 Å². The van der Waals surface area contributed by atoms with Crippen molar-refractivity contribution in [2.45, 2.75) is 57.9 Å². The van der Waals surface area contributed by atoms with Crippen LogP contribution in [0.1, 0.15) is 62.6 Å². The highest BCUT2D eigenvalue weighted by molar-refractivity contribution is 5.39. The third-order valence-electron chi connectivity index (χ3n) is 3.74. The largest absolute Gasteiger partial charge is 0.494 e. The van der Waals surface area contributed by atoms with E-state index in [9.17, 15) is 0 Å². The highest BCUT2D eigenvalue weighted by Crippen LogP contribution is 2.30. The van der Waals surface area contributed by atoms with Gasteiger partial charge in [0.05, 0.1) is 6.61 Å². The van der Waals surface area contributed by atoms with Gasteiger partial charge in [-0.3, -0.25) is 0 Å². The van der Waals surface area contributed by atoms with Gasteiger partial charge < -0.3 is 10.5 Å². The van der Waals surface area contributed by atoms with Gasteiger partial charge in [0.25, 0.3) is 0 Å². The molecule has 0 heterocycles. The SMILES string of the molecule is CCCCCCOc1ccc2c(c1)[C@@H](N)CCC2. The lowest BCUT2D eigenvalue weighted by molar-refractivity contribution is 0.304. The average molecular weight is 247 g/mol. The standard InChI is InChI=1S/C16H25NO/c1-2-3-4-5-11-18-14-10-9-13-7-6-8-16(17)15(13)12-14/h9-10,12,16H,2-8,11,17H2,1H3/t16-/m0/s1. The second kappa shape index (κ2) is 6.79. The molecule has 0 saturated carbocycles.